The fourth-order valence-electron chi connectivity index (χ4n) is 4.39. The molecule has 0 bridgehead atoms. The van der Waals surface area contributed by atoms with E-state index in [4.69, 9.17) is 5.73 Å². The lowest BCUT2D eigenvalue weighted by Gasteiger charge is -2.37. The number of aromatic amines is 1. The summed E-state index contributed by atoms with van der Waals surface area (Å²) in [4.78, 5) is 46.0. The molecule has 2 aromatic heterocycles. The number of primary amides is 1. The van der Waals surface area contributed by atoms with E-state index < -0.39 is 23.5 Å². The van der Waals surface area contributed by atoms with E-state index in [2.05, 4.69) is 14.9 Å². The molecule has 0 atom stereocenters. The van der Waals surface area contributed by atoms with Gasteiger partial charge in [-0.25, -0.2) is 9.78 Å². The van der Waals surface area contributed by atoms with Gasteiger partial charge in [0.2, 0.25) is 0 Å². The van der Waals surface area contributed by atoms with Crippen LogP contribution < -0.4 is 21.9 Å². The van der Waals surface area contributed by atoms with Gasteiger partial charge in [0.25, 0.3) is 11.5 Å². The third-order valence-electron chi connectivity index (χ3n) is 6.18. The zero-order valence-corrected chi connectivity index (χ0v) is 19.3. The first-order valence-corrected chi connectivity index (χ1v) is 11.1. The molecule has 3 aromatic rings. The third kappa shape index (κ3) is 4.78. The Balaban J connectivity index is 1.52. The lowest BCUT2D eigenvalue weighted by molar-refractivity contribution is -0.140. The number of aryl methyl sites for hydroxylation is 1. The summed E-state index contributed by atoms with van der Waals surface area (Å²) in [5.74, 6) is -1.00. The molecule has 3 heterocycles. The second-order valence-electron chi connectivity index (χ2n) is 8.51. The zero-order valence-electron chi connectivity index (χ0n) is 19.3. The number of fused-ring (bicyclic) bond motifs is 1. The van der Waals surface area contributed by atoms with E-state index in [9.17, 15) is 27.6 Å². The van der Waals surface area contributed by atoms with Crippen LogP contribution in [0.3, 0.4) is 0 Å². The highest BCUT2D eigenvalue weighted by molar-refractivity contribution is 5.92. The highest BCUT2D eigenvalue weighted by Crippen LogP contribution is 2.36. The number of aromatic nitrogens is 3. The molecule has 1 aromatic carbocycles. The second kappa shape index (κ2) is 9.17. The quantitative estimate of drug-likeness (QED) is 0.564. The summed E-state index contributed by atoms with van der Waals surface area (Å²) in [5.41, 5.74) is 4.39. The fourth-order valence-corrected chi connectivity index (χ4v) is 4.39. The van der Waals surface area contributed by atoms with Gasteiger partial charge in [-0.05, 0) is 43.2 Å². The first-order valence-electron chi connectivity index (χ1n) is 11.1. The second-order valence-corrected chi connectivity index (χ2v) is 8.51. The van der Waals surface area contributed by atoms with Gasteiger partial charge in [-0.15, -0.1) is 0 Å². The predicted molar refractivity (Wildman–Crippen MR) is 124 cm³/mol. The van der Waals surface area contributed by atoms with Crippen LogP contribution in [-0.4, -0.2) is 51.5 Å². The molecule has 0 saturated carbocycles. The summed E-state index contributed by atoms with van der Waals surface area (Å²) in [6, 6.07) is 6.55. The standard InChI is InChI=1S/C23H25F3N6O3/c1-3-32-21(34)15-5-4-14(11-16(15)28-22(32)35)12-30-6-8-31(9-7-30)17-10-13(2)18(20(27)33)29-19(17)23(24,25)26/h4-5,10-11H,3,6-9,12H2,1-2H3,(H2,27,33)(H,28,35). The minimum Gasteiger partial charge on any atom is -0.367 e. The number of nitrogens with zero attached hydrogens (tertiary/aromatic N) is 4. The average molecular weight is 490 g/mol. The number of piperazine rings is 1. The molecule has 0 spiro atoms. The van der Waals surface area contributed by atoms with Crippen molar-refractivity contribution in [3.05, 3.63) is 67.6 Å². The smallest absolute Gasteiger partial charge is 0.367 e. The molecule has 0 radical (unpaired) electrons. The SMILES string of the molecule is CCn1c(=O)[nH]c2cc(CN3CCN(c4cc(C)c(C(N)=O)nc4C(F)(F)F)CC3)ccc2c1=O. The summed E-state index contributed by atoms with van der Waals surface area (Å²) in [6.07, 6.45) is -4.73. The van der Waals surface area contributed by atoms with Crippen molar-refractivity contribution in [1.82, 2.24) is 19.4 Å². The van der Waals surface area contributed by atoms with Crippen molar-refractivity contribution in [3.63, 3.8) is 0 Å². The monoisotopic (exact) mass is 490 g/mol. The Morgan fingerprint density at radius 3 is 2.43 bits per heavy atom. The van der Waals surface area contributed by atoms with Crippen molar-refractivity contribution in [2.24, 2.45) is 5.73 Å². The molecule has 1 fully saturated rings. The maximum atomic E-state index is 13.7. The average Bonchev–Trinajstić information content (AvgIpc) is 2.78. The minimum atomic E-state index is -4.73. The topological polar surface area (TPSA) is 117 Å². The Morgan fingerprint density at radius 1 is 1.14 bits per heavy atom. The van der Waals surface area contributed by atoms with Crippen LogP contribution in [0.15, 0.2) is 33.9 Å². The number of nitrogens with one attached hydrogen (secondary N) is 1. The van der Waals surface area contributed by atoms with Gasteiger partial charge in [0, 0.05) is 39.3 Å². The fraction of sp³-hybridized carbons (Fsp3) is 0.391. The van der Waals surface area contributed by atoms with Crippen molar-refractivity contribution in [2.75, 3.05) is 31.1 Å². The molecule has 3 N–H and O–H groups in total. The highest BCUT2D eigenvalue weighted by Gasteiger charge is 2.38. The highest BCUT2D eigenvalue weighted by atomic mass is 19.4. The van der Waals surface area contributed by atoms with Crippen LogP contribution >= 0.6 is 0 Å². The van der Waals surface area contributed by atoms with Crippen LogP contribution in [0.5, 0.6) is 0 Å². The van der Waals surface area contributed by atoms with Crippen molar-refractivity contribution < 1.29 is 18.0 Å². The number of nitrogens with two attached hydrogens (primary N) is 1. The van der Waals surface area contributed by atoms with Crippen LogP contribution in [0.25, 0.3) is 10.9 Å². The van der Waals surface area contributed by atoms with Crippen molar-refractivity contribution in [3.8, 4) is 0 Å². The Hall–Kier alpha value is -3.67. The Kier molecular flexibility index (Phi) is 6.41. The first kappa shape index (κ1) is 24.5. The molecule has 1 aliphatic heterocycles. The summed E-state index contributed by atoms with van der Waals surface area (Å²) in [7, 11) is 0. The number of amides is 1. The maximum absolute atomic E-state index is 13.7. The Bertz CT molecular complexity index is 1400. The zero-order chi connectivity index (χ0) is 25.5. The number of anilines is 1. The number of hydrogen-bond donors (Lipinski definition) is 2. The van der Waals surface area contributed by atoms with E-state index in [0.717, 1.165) is 10.1 Å². The van der Waals surface area contributed by atoms with E-state index >= 15 is 0 Å². The number of carbonyl (C=O) groups excluding carboxylic acids is 1. The molecule has 4 rings (SSSR count). The molecule has 1 saturated heterocycles. The van der Waals surface area contributed by atoms with Gasteiger partial charge in [-0.1, -0.05) is 6.07 Å². The largest absolute Gasteiger partial charge is 0.435 e. The van der Waals surface area contributed by atoms with E-state index in [-0.39, 0.29) is 29.0 Å². The van der Waals surface area contributed by atoms with E-state index in [0.29, 0.717) is 43.6 Å². The van der Waals surface area contributed by atoms with E-state index in [1.807, 2.05) is 6.07 Å². The number of H-pyrrole nitrogens is 1. The molecule has 1 amide bonds. The summed E-state index contributed by atoms with van der Waals surface area (Å²) in [6.45, 7) is 5.63. The number of rotatable bonds is 5. The maximum Gasteiger partial charge on any atom is 0.435 e. The number of benzene rings is 1. The number of pyridine rings is 1. The Morgan fingerprint density at radius 2 is 1.83 bits per heavy atom. The van der Waals surface area contributed by atoms with E-state index in [1.54, 1.807) is 24.0 Å². The molecule has 0 unspecified atom stereocenters. The van der Waals surface area contributed by atoms with Crippen molar-refractivity contribution in [2.45, 2.75) is 33.1 Å². The molecule has 9 nitrogen and oxygen atoms in total. The Labute approximate surface area is 198 Å². The lowest BCUT2D eigenvalue weighted by atomic mass is 10.1. The third-order valence-corrected chi connectivity index (χ3v) is 6.18. The van der Waals surface area contributed by atoms with Crippen LogP contribution in [0.1, 0.15) is 34.2 Å². The molecular formula is C23H25F3N6O3. The molecule has 186 valence electrons. The summed E-state index contributed by atoms with van der Waals surface area (Å²) >= 11 is 0. The number of carbonyl (C=O) groups is 1. The summed E-state index contributed by atoms with van der Waals surface area (Å²) in [5, 5.41) is 0.418. The van der Waals surface area contributed by atoms with Gasteiger partial charge in [0.05, 0.1) is 16.6 Å². The lowest BCUT2D eigenvalue weighted by Crippen LogP contribution is -2.46. The van der Waals surface area contributed by atoms with E-state index in [1.165, 1.54) is 13.0 Å². The van der Waals surface area contributed by atoms with Gasteiger partial charge in [0.15, 0.2) is 5.69 Å². The number of halogens is 3. The van der Waals surface area contributed by atoms with Crippen LogP contribution in [0.4, 0.5) is 18.9 Å². The normalized spacial score (nSPS) is 15.1. The number of hydrogen-bond acceptors (Lipinski definition) is 6. The van der Waals surface area contributed by atoms with Crippen LogP contribution in [-0.2, 0) is 19.3 Å². The summed E-state index contributed by atoms with van der Waals surface area (Å²) < 4.78 is 42.2. The van der Waals surface area contributed by atoms with Gasteiger partial charge >= 0.3 is 11.9 Å². The molecule has 0 aliphatic carbocycles. The molecule has 1 aliphatic rings. The number of alkyl halides is 3. The first-order chi connectivity index (χ1) is 16.5. The van der Waals surface area contributed by atoms with Crippen LogP contribution in [0, 0.1) is 6.92 Å². The molecule has 12 heteroatoms. The van der Waals surface area contributed by atoms with Gasteiger partial charge in [-0.2, -0.15) is 13.2 Å². The molecule has 35 heavy (non-hydrogen) atoms. The van der Waals surface area contributed by atoms with Crippen molar-refractivity contribution in [1.29, 1.82) is 0 Å². The minimum absolute atomic E-state index is 0.0740. The van der Waals surface area contributed by atoms with Crippen molar-refractivity contribution >= 4 is 22.5 Å². The molecular weight excluding hydrogens is 465 g/mol. The van der Waals surface area contributed by atoms with Gasteiger partial charge in [0.1, 0.15) is 5.69 Å². The predicted octanol–water partition coefficient (Wildman–Crippen LogP) is 1.85. The van der Waals surface area contributed by atoms with Gasteiger partial charge < -0.3 is 15.6 Å². The van der Waals surface area contributed by atoms with Crippen LogP contribution in [0.2, 0.25) is 0 Å². The van der Waals surface area contributed by atoms with Gasteiger partial charge in [-0.3, -0.25) is 19.1 Å².